The number of nitrogens with zero attached hydrogens (tertiary/aromatic N) is 1. The van der Waals surface area contributed by atoms with Crippen molar-refractivity contribution in [1.82, 2.24) is 4.98 Å². The highest BCUT2D eigenvalue weighted by atomic mass is 35.5. The third-order valence-corrected chi connectivity index (χ3v) is 4.10. The van der Waals surface area contributed by atoms with Crippen LogP contribution in [0.25, 0.3) is 0 Å². The number of benzene rings is 1. The van der Waals surface area contributed by atoms with Gasteiger partial charge in [-0.15, -0.1) is 11.3 Å². The van der Waals surface area contributed by atoms with E-state index in [4.69, 9.17) is 34.8 Å². The molecule has 19 heavy (non-hydrogen) atoms. The van der Waals surface area contributed by atoms with Crippen molar-refractivity contribution in [1.29, 1.82) is 0 Å². The fourth-order valence-corrected chi connectivity index (χ4v) is 2.91. The fourth-order valence-electron chi connectivity index (χ4n) is 1.45. The summed E-state index contributed by atoms with van der Waals surface area (Å²) in [6.45, 7) is 0.479. The second-order valence-corrected chi connectivity index (χ2v) is 6.17. The van der Waals surface area contributed by atoms with Crippen molar-refractivity contribution in [2.75, 3.05) is 5.32 Å². The minimum atomic E-state index is -1.65. The first kappa shape index (κ1) is 14.9. The minimum Gasteiger partial charge on any atom is -0.423 e. The van der Waals surface area contributed by atoms with Crippen molar-refractivity contribution in [3.05, 3.63) is 37.7 Å². The summed E-state index contributed by atoms with van der Waals surface area (Å²) in [4.78, 5) is 4.85. The molecular weight excluding hydrogens is 329 g/mol. The Morgan fingerprint density at radius 3 is 2.53 bits per heavy atom. The van der Waals surface area contributed by atoms with Crippen LogP contribution in [0, 0.1) is 0 Å². The van der Waals surface area contributed by atoms with Crippen molar-refractivity contribution in [2.45, 2.75) is 6.54 Å². The summed E-state index contributed by atoms with van der Waals surface area (Å²) in [5, 5.41) is 22.0. The van der Waals surface area contributed by atoms with E-state index < -0.39 is 7.12 Å². The summed E-state index contributed by atoms with van der Waals surface area (Å²) in [5.74, 6) is 0. The van der Waals surface area contributed by atoms with Crippen LogP contribution < -0.4 is 10.8 Å². The van der Waals surface area contributed by atoms with E-state index in [9.17, 15) is 10.0 Å². The van der Waals surface area contributed by atoms with Crippen LogP contribution >= 0.6 is 46.1 Å². The largest absolute Gasteiger partial charge is 0.490 e. The molecule has 3 N–H and O–H groups in total. The molecule has 0 radical (unpaired) electrons. The first-order valence-electron chi connectivity index (χ1n) is 5.16. The lowest BCUT2D eigenvalue weighted by molar-refractivity contribution is 0.426. The summed E-state index contributed by atoms with van der Waals surface area (Å²) < 4.78 is 0.463. The van der Waals surface area contributed by atoms with Crippen LogP contribution in [-0.4, -0.2) is 22.2 Å². The molecule has 2 rings (SSSR count). The zero-order valence-corrected chi connectivity index (χ0v) is 12.5. The number of aromatic nitrogens is 1. The Labute approximate surface area is 129 Å². The quantitative estimate of drug-likeness (QED) is 0.750. The van der Waals surface area contributed by atoms with E-state index in [2.05, 4.69) is 10.3 Å². The lowest BCUT2D eigenvalue weighted by atomic mass is 9.80. The molecule has 0 fully saturated rings. The van der Waals surface area contributed by atoms with Crippen LogP contribution in [-0.2, 0) is 6.54 Å². The normalized spacial score (nSPS) is 10.6. The molecule has 1 heterocycles. The first-order chi connectivity index (χ1) is 8.97. The van der Waals surface area contributed by atoms with Crippen LogP contribution in [0.4, 0.5) is 5.69 Å². The summed E-state index contributed by atoms with van der Waals surface area (Å²) in [7, 11) is -1.65. The van der Waals surface area contributed by atoms with Gasteiger partial charge in [-0.25, -0.2) is 4.98 Å². The smallest absolute Gasteiger partial charge is 0.423 e. The van der Waals surface area contributed by atoms with Gasteiger partial charge in [0.1, 0.15) is 0 Å². The van der Waals surface area contributed by atoms with Gasteiger partial charge in [-0.05, 0) is 12.1 Å². The summed E-state index contributed by atoms with van der Waals surface area (Å²) in [6, 6.07) is 2.96. The third-order valence-electron chi connectivity index (χ3n) is 2.34. The highest BCUT2D eigenvalue weighted by Gasteiger charge is 2.17. The van der Waals surface area contributed by atoms with Crippen molar-refractivity contribution in [3.63, 3.8) is 0 Å². The highest BCUT2D eigenvalue weighted by molar-refractivity contribution is 7.15. The van der Waals surface area contributed by atoms with E-state index in [1.807, 2.05) is 0 Å². The maximum absolute atomic E-state index is 9.18. The summed E-state index contributed by atoms with van der Waals surface area (Å²) >= 11 is 19.0. The van der Waals surface area contributed by atoms with Crippen molar-refractivity contribution in [3.8, 4) is 0 Å². The molecule has 0 bridgehead atoms. The Morgan fingerprint density at radius 1 is 1.21 bits per heavy atom. The molecule has 100 valence electrons. The molecule has 4 nitrogen and oxygen atoms in total. The second-order valence-electron chi connectivity index (χ2n) is 3.66. The lowest BCUT2D eigenvalue weighted by Gasteiger charge is -2.11. The van der Waals surface area contributed by atoms with Crippen molar-refractivity contribution < 1.29 is 10.0 Å². The molecule has 0 saturated carbocycles. The second kappa shape index (κ2) is 6.30. The lowest BCUT2D eigenvalue weighted by Crippen LogP contribution is -2.31. The number of halogens is 3. The Kier molecular flexibility index (Phi) is 4.94. The minimum absolute atomic E-state index is 0.191. The SMILES string of the molecule is OB(O)c1cc(NCc2cnc(Cl)s2)c(Cl)cc1Cl. The van der Waals surface area contributed by atoms with Crippen LogP contribution in [0.5, 0.6) is 0 Å². The molecule has 0 unspecified atom stereocenters. The fraction of sp³-hybridized carbons (Fsp3) is 0.100. The van der Waals surface area contributed by atoms with E-state index in [0.717, 1.165) is 4.88 Å². The highest BCUT2D eigenvalue weighted by Crippen LogP contribution is 2.26. The van der Waals surface area contributed by atoms with Crippen LogP contribution in [0.15, 0.2) is 18.3 Å². The molecule has 0 saturated heterocycles. The molecule has 0 aliphatic rings. The molecule has 0 aliphatic heterocycles. The number of thiazole rings is 1. The number of hydrogen-bond acceptors (Lipinski definition) is 5. The third kappa shape index (κ3) is 3.75. The molecule has 1 aromatic heterocycles. The van der Waals surface area contributed by atoms with Gasteiger partial charge in [-0.3, -0.25) is 0 Å². The van der Waals surface area contributed by atoms with Crippen molar-refractivity contribution >= 4 is 64.4 Å². The Hall–Kier alpha value is -0.495. The van der Waals surface area contributed by atoms with E-state index in [-0.39, 0.29) is 10.5 Å². The molecule has 0 aliphatic carbocycles. The number of hydrogen-bond donors (Lipinski definition) is 3. The van der Waals surface area contributed by atoms with Gasteiger partial charge < -0.3 is 15.4 Å². The van der Waals surface area contributed by atoms with E-state index in [1.54, 1.807) is 6.20 Å². The maximum Gasteiger partial charge on any atom is 0.490 e. The Balaban J connectivity index is 2.17. The van der Waals surface area contributed by atoms with Gasteiger partial charge >= 0.3 is 7.12 Å². The first-order valence-corrected chi connectivity index (χ1v) is 7.11. The van der Waals surface area contributed by atoms with Crippen LogP contribution in [0.1, 0.15) is 4.88 Å². The monoisotopic (exact) mass is 336 g/mol. The molecule has 0 spiro atoms. The predicted molar refractivity (Wildman–Crippen MR) is 80.7 cm³/mol. The van der Waals surface area contributed by atoms with Gasteiger partial charge in [-0.1, -0.05) is 34.8 Å². The predicted octanol–water partition coefficient (Wildman–Crippen LogP) is 2.40. The van der Waals surface area contributed by atoms with Crippen LogP contribution in [0.3, 0.4) is 0 Å². The van der Waals surface area contributed by atoms with E-state index in [0.29, 0.717) is 21.7 Å². The summed E-state index contributed by atoms with van der Waals surface area (Å²) in [6.07, 6.45) is 1.66. The van der Waals surface area contributed by atoms with E-state index >= 15 is 0 Å². The van der Waals surface area contributed by atoms with Gasteiger partial charge in [0.2, 0.25) is 0 Å². The molecular formula is C10H8BCl3N2O2S. The number of nitrogens with one attached hydrogen (secondary N) is 1. The summed E-state index contributed by atoms with van der Waals surface area (Å²) in [5.41, 5.74) is 0.745. The van der Waals surface area contributed by atoms with Gasteiger partial charge in [0.15, 0.2) is 4.47 Å². The van der Waals surface area contributed by atoms with E-state index in [1.165, 1.54) is 23.5 Å². The number of rotatable bonds is 4. The zero-order valence-electron chi connectivity index (χ0n) is 9.40. The standard InChI is InChI=1S/C10H8BCl3N2O2S/c12-7-2-8(13)9(1-6(7)11(17)18)15-3-5-4-16-10(14)19-5/h1-2,4,15,17-18H,3H2. The zero-order chi connectivity index (χ0) is 14.0. The Bertz CT molecular complexity index is 594. The van der Waals surface area contributed by atoms with Crippen LogP contribution in [0.2, 0.25) is 14.5 Å². The molecule has 0 atom stereocenters. The molecule has 9 heteroatoms. The molecule has 1 aromatic carbocycles. The van der Waals surface area contributed by atoms with Gasteiger partial charge in [0.25, 0.3) is 0 Å². The average Bonchev–Trinajstić information content (AvgIpc) is 2.73. The molecule has 0 amide bonds. The van der Waals surface area contributed by atoms with Crippen molar-refractivity contribution in [2.24, 2.45) is 0 Å². The maximum atomic E-state index is 9.18. The average molecular weight is 337 g/mol. The van der Waals surface area contributed by atoms with Gasteiger partial charge in [-0.2, -0.15) is 0 Å². The Morgan fingerprint density at radius 2 is 1.95 bits per heavy atom. The number of anilines is 1. The van der Waals surface area contributed by atoms with Gasteiger partial charge in [0.05, 0.1) is 17.3 Å². The van der Waals surface area contributed by atoms with Gasteiger partial charge in [0, 0.05) is 21.6 Å². The topological polar surface area (TPSA) is 65.4 Å². The molecule has 2 aromatic rings.